The Balaban J connectivity index is 1.93. The number of nitrogens with one attached hydrogen (secondary N) is 1. The lowest BCUT2D eigenvalue weighted by molar-refractivity contribution is -0.162. The molecule has 1 aliphatic heterocycles. The number of carbonyl (C=O) groups is 2. The highest BCUT2D eigenvalue weighted by atomic mass is 35.5. The van der Waals surface area contributed by atoms with Gasteiger partial charge in [0.2, 0.25) is 0 Å². The van der Waals surface area contributed by atoms with Crippen LogP contribution in [0.15, 0.2) is 18.2 Å². The molecular formula is C14H15Cl2NO4. The van der Waals surface area contributed by atoms with E-state index in [0.717, 1.165) is 6.42 Å². The van der Waals surface area contributed by atoms with Crippen molar-refractivity contribution in [3.05, 3.63) is 28.2 Å². The largest absolute Gasteiger partial charge is 0.451 e. The molecule has 1 aromatic carbocycles. The van der Waals surface area contributed by atoms with E-state index in [1.54, 1.807) is 12.1 Å². The number of esters is 1. The second-order valence-corrected chi connectivity index (χ2v) is 5.54. The average molecular weight is 332 g/mol. The Morgan fingerprint density at radius 2 is 2.19 bits per heavy atom. The van der Waals surface area contributed by atoms with E-state index in [9.17, 15) is 9.59 Å². The van der Waals surface area contributed by atoms with E-state index in [2.05, 4.69) is 5.32 Å². The molecule has 7 heteroatoms. The Kier molecular flexibility index (Phi) is 5.45. The Hall–Kier alpha value is -1.30. The number of benzene rings is 1. The maximum absolute atomic E-state index is 12.0. The predicted octanol–water partition coefficient (Wildman–Crippen LogP) is 3.04. The first kappa shape index (κ1) is 16.1. The second-order valence-electron chi connectivity index (χ2n) is 4.69. The molecule has 0 aliphatic carbocycles. The lowest BCUT2D eigenvalue weighted by Crippen LogP contribution is -2.34. The van der Waals surface area contributed by atoms with E-state index in [1.807, 2.05) is 0 Å². The van der Waals surface area contributed by atoms with Gasteiger partial charge in [-0.05, 0) is 38.0 Å². The molecule has 114 valence electrons. The maximum atomic E-state index is 12.0. The van der Waals surface area contributed by atoms with Crippen LogP contribution in [-0.2, 0) is 19.1 Å². The van der Waals surface area contributed by atoms with Gasteiger partial charge in [-0.25, -0.2) is 4.79 Å². The first-order valence-corrected chi connectivity index (χ1v) is 7.31. The minimum Gasteiger partial charge on any atom is -0.451 e. The highest BCUT2D eigenvalue weighted by Crippen LogP contribution is 2.25. The fourth-order valence-electron chi connectivity index (χ4n) is 1.89. The van der Waals surface area contributed by atoms with Crippen LogP contribution in [0.3, 0.4) is 0 Å². The summed E-state index contributed by atoms with van der Waals surface area (Å²) < 4.78 is 10.3. The van der Waals surface area contributed by atoms with Crippen molar-refractivity contribution in [2.45, 2.75) is 32.0 Å². The molecule has 1 amide bonds. The van der Waals surface area contributed by atoms with Crippen molar-refractivity contribution in [1.29, 1.82) is 0 Å². The van der Waals surface area contributed by atoms with Crippen molar-refractivity contribution >= 4 is 40.8 Å². The normalized spacial score (nSPS) is 19.1. The summed E-state index contributed by atoms with van der Waals surface area (Å²) in [6.45, 7) is 2.03. The van der Waals surface area contributed by atoms with Crippen LogP contribution in [0.5, 0.6) is 0 Å². The lowest BCUT2D eigenvalue weighted by atomic mass is 10.2. The van der Waals surface area contributed by atoms with Gasteiger partial charge in [0.25, 0.3) is 5.91 Å². The van der Waals surface area contributed by atoms with Crippen LogP contribution in [0.1, 0.15) is 19.8 Å². The summed E-state index contributed by atoms with van der Waals surface area (Å²) in [4.78, 5) is 23.8. The van der Waals surface area contributed by atoms with Gasteiger partial charge in [-0.1, -0.05) is 23.2 Å². The summed E-state index contributed by atoms with van der Waals surface area (Å²) in [6, 6.07) is 4.71. The van der Waals surface area contributed by atoms with Gasteiger partial charge in [0.15, 0.2) is 12.2 Å². The van der Waals surface area contributed by atoms with Crippen molar-refractivity contribution in [3.8, 4) is 0 Å². The molecule has 1 saturated heterocycles. The average Bonchev–Trinajstić information content (AvgIpc) is 2.97. The minimum absolute atomic E-state index is 0.352. The number of ether oxygens (including phenoxy) is 2. The zero-order valence-corrected chi connectivity index (χ0v) is 12.9. The Morgan fingerprint density at radius 1 is 1.43 bits per heavy atom. The molecule has 1 heterocycles. The standard InChI is InChI=1S/C14H15Cl2NO4/c1-8(21-14(19)12-3-2-6-20-12)13(18)17-11-7-9(15)4-5-10(11)16/h4-5,7-8,12H,2-3,6H2,1H3,(H,17,18)/t8-,12-/m0/s1. The number of anilines is 1. The van der Waals surface area contributed by atoms with Gasteiger partial charge in [0.05, 0.1) is 10.7 Å². The van der Waals surface area contributed by atoms with Crippen LogP contribution in [0.2, 0.25) is 10.0 Å². The summed E-state index contributed by atoms with van der Waals surface area (Å²) in [7, 11) is 0. The fraction of sp³-hybridized carbons (Fsp3) is 0.429. The highest BCUT2D eigenvalue weighted by molar-refractivity contribution is 6.35. The van der Waals surface area contributed by atoms with Crippen LogP contribution in [-0.4, -0.2) is 30.7 Å². The molecule has 21 heavy (non-hydrogen) atoms. The summed E-state index contributed by atoms with van der Waals surface area (Å²) >= 11 is 11.8. The fourth-order valence-corrected chi connectivity index (χ4v) is 2.23. The van der Waals surface area contributed by atoms with Crippen molar-refractivity contribution in [2.24, 2.45) is 0 Å². The number of carbonyl (C=O) groups excluding carboxylic acids is 2. The maximum Gasteiger partial charge on any atom is 0.336 e. The molecule has 1 aromatic rings. The van der Waals surface area contributed by atoms with Crippen LogP contribution < -0.4 is 5.32 Å². The topological polar surface area (TPSA) is 64.6 Å². The van der Waals surface area contributed by atoms with Gasteiger partial charge in [-0.3, -0.25) is 4.79 Å². The number of hydrogen-bond acceptors (Lipinski definition) is 4. The molecule has 1 fully saturated rings. The molecule has 0 radical (unpaired) electrons. The first-order valence-electron chi connectivity index (χ1n) is 6.55. The zero-order chi connectivity index (χ0) is 15.4. The molecule has 0 saturated carbocycles. The summed E-state index contributed by atoms with van der Waals surface area (Å²) in [5.74, 6) is -1.00. The molecular weight excluding hydrogens is 317 g/mol. The van der Waals surface area contributed by atoms with Gasteiger partial charge in [0, 0.05) is 11.6 Å². The summed E-state index contributed by atoms with van der Waals surface area (Å²) in [6.07, 6.45) is -0.0853. The van der Waals surface area contributed by atoms with E-state index in [-0.39, 0.29) is 0 Å². The number of amides is 1. The Bertz CT molecular complexity index is 544. The van der Waals surface area contributed by atoms with Crippen LogP contribution >= 0.6 is 23.2 Å². The molecule has 2 atom stereocenters. The van der Waals surface area contributed by atoms with E-state index >= 15 is 0 Å². The SMILES string of the molecule is C[C@H](OC(=O)[C@@H]1CCCO1)C(=O)Nc1cc(Cl)ccc1Cl. The molecule has 0 bridgehead atoms. The van der Waals surface area contributed by atoms with Crippen molar-refractivity contribution in [2.75, 3.05) is 11.9 Å². The first-order chi connectivity index (χ1) is 9.97. The predicted molar refractivity (Wildman–Crippen MR) is 79.6 cm³/mol. The van der Waals surface area contributed by atoms with E-state index in [1.165, 1.54) is 13.0 Å². The number of rotatable bonds is 4. The molecule has 1 N–H and O–H groups in total. The van der Waals surface area contributed by atoms with E-state index in [4.69, 9.17) is 32.7 Å². The third-order valence-electron chi connectivity index (χ3n) is 3.04. The van der Waals surface area contributed by atoms with Gasteiger partial charge >= 0.3 is 5.97 Å². The Morgan fingerprint density at radius 3 is 2.86 bits per heavy atom. The monoisotopic (exact) mass is 331 g/mol. The molecule has 0 aromatic heterocycles. The molecule has 1 aliphatic rings. The van der Waals surface area contributed by atoms with Gasteiger partial charge < -0.3 is 14.8 Å². The highest BCUT2D eigenvalue weighted by Gasteiger charge is 2.28. The smallest absolute Gasteiger partial charge is 0.336 e. The number of halogens is 2. The van der Waals surface area contributed by atoms with Crippen LogP contribution in [0.4, 0.5) is 5.69 Å². The third-order valence-corrected chi connectivity index (χ3v) is 3.61. The summed E-state index contributed by atoms with van der Waals surface area (Å²) in [5.41, 5.74) is 0.370. The molecule has 2 rings (SSSR count). The van der Waals surface area contributed by atoms with Gasteiger partial charge in [-0.2, -0.15) is 0 Å². The third kappa shape index (κ3) is 4.33. The van der Waals surface area contributed by atoms with Gasteiger partial charge in [0.1, 0.15) is 0 Å². The molecule has 0 unspecified atom stereocenters. The minimum atomic E-state index is -0.947. The van der Waals surface area contributed by atoms with Crippen LogP contribution in [0.25, 0.3) is 0 Å². The van der Waals surface area contributed by atoms with Crippen molar-refractivity contribution in [1.82, 2.24) is 0 Å². The summed E-state index contributed by atoms with van der Waals surface area (Å²) in [5, 5.41) is 3.37. The molecule has 0 spiro atoms. The number of hydrogen-bond donors (Lipinski definition) is 1. The quantitative estimate of drug-likeness (QED) is 0.861. The van der Waals surface area contributed by atoms with Gasteiger partial charge in [-0.15, -0.1) is 0 Å². The molecule has 5 nitrogen and oxygen atoms in total. The van der Waals surface area contributed by atoms with Crippen molar-refractivity contribution in [3.63, 3.8) is 0 Å². The second kappa shape index (κ2) is 7.11. The van der Waals surface area contributed by atoms with E-state index < -0.39 is 24.1 Å². The van der Waals surface area contributed by atoms with E-state index in [0.29, 0.717) is 28.8 Å². The Labute approximate surface area is 132 Å². The zero-order valence-electron chi connectivity index (χ0n) is 11.4. The lowest BCUT2D eigenvalue weighted by Gasteiger charge is -2.16. The van der Waals surface area contributed by atoms with Crippen molar-refractivity contribution < 1.29 is 19.1 Å². The van der Waals surface area contributed by atoms with Crippen LogP contribution in [0, 0.1) is 0 Å².